The van der Waals surface area contributed by atoms with Gasteiger partial charge in [0.1, 0.15) is 0 Å². The minimum Gasteiger partial charge on any atom is -0.311 e. The molecule has 2 nitrogen and oxygen atoms in total. The van der Waals surface area contributed by atoms with Crippen molar-refractivity contribution in [3.05, 3.63) is 0 Å². The van der Waals surface area contributed by atoms with Gasteiger partial charge in [0.2, 0.25) is 0 Å². The molecule has 0 spiro atoms. The van der Waals surface area contributed by atoms with Gasteiger partial charge in [-0.2, -0.15) is 0 Å². The fraction of sp³-hybridized carbons (Fsp3) is 1.00. The van der Waals surface area contributed by atoms with Crippen molar-refractivity contribution >= 4 is 0 Å². The summed E-state index contributed by atoms with van der Waals surface area (Å²) in [5.74, 6) is 0.981. The fourth-order valence-electron chi connectivity index (χ4n) is 3.46. The van der Waals surface area contributed by atoms with Crippen LogP contribution in [-0.2, 0) is 0 Å². The standard InChI is InChI=1S/C17H36N2/c1-5-16-11-8-12-17(14-16)18-15(4)10-9-13-19(6-2)7-3/h15-18H,5-14H2,1-4H3. The Bertz CT molecular complexity index is 213. The molecule has 0 aromatic rings. The summed E-state index contributed by atoms with van der Waals surface area (Å²) in [6.07, 6.45) is 9.74. The Morgan fingerprint density at radius 3 is 2.53 bits per heavy atom. The molecule has 0 aromatic carbocycles. The average Bonchev–Trinajstić information content (AvgIpc) is 2.44. The highest BCUT2D eigenvalue weighted by atomic mass is 15.1. The Labute approximate surface area is 121 Å². The third-order valence-corrected chi connectivity index (χ3v) is 4.89. The summed E-state index contributed by atoms with van der Waals surface area (Å²) in [5.41, 5.74) is 0. The number of hydrogen-bond donors (Lipinski definition) is 1. The minimum absolute atomic E-state index is 0.691. The summed E-state index contributed by atoms with van der Waals surface area (Å²) in [6.45, 7) is 12.9. The van der Waals surface area contributed by atoms with Crippen LogP contribution in [0.1, 0.15) is 72.6 Å². The first-order valence-corrected chi connectivity index (χ1v) is 8.67. The van der Waals surface area contributed by atoms with Gasteiger partial charge in [0.05, 0.1) is 0 Å². The van der Waals surface area contributed by atoms with Crippen molar-refractivity contribution in [2.45, 2.75) is 84.7 Å². The topological polar surface area (TPSA) is 15.3 Å². The quantitative estimate of drug-likeness (QED) is 0.678. The van der Waals surface area contributed by atoms with Crippen molar-refractivity contribution in [2.75, 3.05) is 19.6 Å². The zero-order valence-electron chi connectivity index (χ0n) is 13.8. The highest BCUT2D eigenvalue weighted by Crippen LogP contribution is 2.26. The summed E-state index contributed by atoms with van der Waals surface area (Å²) in [7, 11) is 0. The van der Waals surface area contributed by atoms with Crippen molar-refractivity contribution in [2.24, 2.45) is 5.92 Å². The monoisotopic (exact) mass is 268 g/mol. The second-order valence-electron chi connectivity index (χ2n) is 6.37. The van der Waals surface area contributed by atoms with E-state index < -0.39 is 0 Å². The molecule has 1 saturated carbocycles. The molecule has 2 heteroatoms. The van der Waals surface area contributed by atoms with Crippen molar-refractivity contribution in [1.82, 2.24) is 10.2 Å². The van der Waals surface area contributed by atoms with E-state index in [9.17, 15) is 0 Å². The Hall–Kier alpha value is -0.0800. The Morgan fingerprint density at radius 1 is 1.16 bits per heavy atom. The molecule has 3 atom stereocenters. The van der Waals surface area contributed by atoms with Crippen molar-refractivity contribution < 1.29 is 0 Å². The Kier molecular flexibility index (Phi) is 8.72. The van der Waals surface area contributed by atoms with Crippen LogP contribution in [0.25, 0.3) is 0 Å². The fourth-order valence-corrected chi connectivity index (χ4v) is 3.46. The summed E-state index contributed by atoms with van der Waals surface area (Å²) in [6, 6.07) is 1.48. The largest absolute Gasteiger partial charge is 0.311 e. The summed E-state index contributed by atoms with van der Waals surface area (Å²) >= 11 is 0. The van der Waals surface area contributed by atoms with E-state index in [0.29, 0.717) is 6.04 Å². The zero-order chi connectivity index (χ0) is 14.1. The third-order valence-electron chi connectivity index (χ3n) is 4.89. The van der Waals surface area contributed by atoms with E-state index in [4.69, 9.17) is 0 Å². The van der Waals surface area contributed by atoms with E-state index >= 15 is 0 Å². The van der Waals surface area contributed by atoms with Gasteiger partial charge in [-0.1, -0.05) is 40.0 Å². The van der Waals surface area contributed by atoms with Crippen LogP contribution in [0, 0.1) is 5.92 Å². The maximum Gasteiger partial charge on any atom is 0.00721 e. The molecule has 0 radical (unpaired) electrons. The van der Waals surface area contributed by atoms with Gasteiger partial charge in [-0.15, -0.1) is 0 Å². The lowest BCUT2D eigenvalue weighted by atomic mass is 9.84. The van der Waals surface area contributed by atoms with Crippen LogP contribution in [0.4, 0.5) is 0 Å². The second kappa shape index (κ2) is 9.77. The summed E-state index contributed by atoms with van der Waals surface area (Å²) in [4.78, 5) is 2.53. The molecule has 0 saturated heterocycles. The Balaban J connectivity index is 2.14. The van der Waals surface area contributed by atoms with E-state index in [1.807, 2.05) is 0 Å². The molecule has 0 heterocycles. The van der Waals surface area contributed by atoms with E-state index in [1.165, 1.54) is 64.6 Å². The van der Waals surface area contributed by atoms with Crippen LogP contribution in [0.15, 0.2) is 0 Å². The van der Waals surface area contributed by atoms with Crippen molar-refractivity contribution in [1.29, 1.82) is 0 Å². The highest BCUT2D eigenvalue weighted by molar-refractivity contribution is 4.79. The van der Waals surface area contributed by atoms with Gasteiger partial charge in [-0.25, -0.2) is 0 Å². The van der Waals surface area contributed by atoms with Crippen molar-refractivity contribution in [3.8, 4) is 0 Å². The normalized spacial score (nSPS) is 25.7. The highest BCUT2D eigenvalue weighted by Gasteiger charge is 2.21. The predicted molar refractivity (Wildman–Crippen MR) is 85.7 cm³/mol. The number of hydrogen-bond acceptors (Lipinski definition) is 2. The first-order valence-electron chi connectivity index (χ1n) is 8.67. The number of nitrogens with zero attached hydrogens (tertiary/aromatic N) is 1. The van der Waals surface area contributed by atoms with Crippen LogP contribution in [0.3, 0.4) is 0 Å². The third kappa shape index (κ3) is 6.76. The van der Waals surface area contributed by atoms with Gasteiger partial charge in [-0.05, 0) is 58.2 Å². The number of rotatable bonds is 9. The van der Waals surface area contributed by atoms with Gasteiger partial charge in [0, 0.05) is 12.1 Å². The van der Waals surface area contributed by atoms with Crippen LogP contribution >= 0.6 is 0 Å². The minimum atomic E-state index is 0.691. The lowest BCUT2D eigenvalue weighted by Gasteiger charge is -2.31. The van der Waals surface area contributed by atoms with Crippen LogP contribution in [0.2, 0.25) is 0 Å². The molecule has 1 N–H and O–H groups in total. The molecule has 1 rings (SSSR count). The second-order valence-corrected chi connectivity index (χ2v) is 6.37. The molecule has 3 unspecified atom stereocenters. The maximum absolute atomic E-state index is 3.87. The molecule has 1 fully saturated rings. The molecule has 0 aromatic heterocycles. The SMILES string of the molecule is CCC1CCCC(NC(C)CCCN(CC)CC)C1. The van der Waals surface area contributed by atoms with Gasteiger partial charge in [0.15, 0.2) is 0 Å². The predicted octanol–water partition coefficient (Wildman–Crippen LogP) is 4.06. The van der Waals surface area contributed by atoms with Crippen LogP contribution < -0.4 is 5.32 Å². The summed E-state index contributed by atoms with van der Waals surface area (Å²) < 4.78 is 0. The molecular weight excluding hydrogens is 232 g/mol. The van der Waals surface area contributed by atoms with Gasteiger partial charge in [0.25, 0.3) is 0 Å². The van der Waals surface area contributed by atoms with E-state index in [1.54, 1.807) is 0 Å². The average molecular weight is 268 g/mol. The molecule has 0 amide bonds. The van der Waals surface area contributed by atoms with Gasteiger partial charge < -0.3 is 10.2 Å². The zero-order valence-corrected chi connectivity index (χ0v) is 13.8. The first-order chi connectivity index (χ1) is 9.19. The molecule has 0 aliphatic heterocycles. The molecule has 1 aliphatic carbocycles. The molecular formula is C17H36N2. The maximum atomic E-state index is 3.87. The van der Waals surface area contributed by atoms with E-state index in [2.05, 4.69) is 37.9 Å². The van der Waals surface area contributed by atoms with Gasteiger partial charge >= 0.3 is 0 Å². The number of nitrogens with one attached hydrogen (secondary N) is 1. The smallest absolute Gasteiger partial charge is 0.00721 e. The van der Waals surface area contributed by atoms with E-state index in [0.717, 1.165) is 12.0 Å². The molecule has 1 aliphatic rings. The molecule has 19 heavy (non-hydrogen) atoms. The molecule has 114 valence electrons. The van der Waals surface area contributed by atoms with E-state index in [-0.39, 0.29) is 0 Å². The van der Waals surface area contributed by atoms with Crippen LogP contribution in [-0.4, -0.2) is 36.6 Å². The van der Waals surface area contributed by atoms with Gasteiger partial charge in [-0.3, -0.25) is 0 Å². The lowest BCUT2D eigenvalue weighted by Crippen LogP contribution is -2.40. The first kappa shape index (κ1) is 17.0. The lowest BCUT2D eigenvalue weighted by molar-refractivity contribution is 0.252. The van der Waals surface area contributed by atoms with Crippen molar-refractivity contribution in [3.63, 3.8) is 0 Å². The Morgan fingerprint density at radius 2 is 1.89 bits per heavy atom. The van der Waals surface area contributed by atoms with Crippen LogP contribution in [0.5, 0.6) is 0 Å². The summed E-state index contributed by atoms with van der Waals surface area (Å²) in [5, 5.41) is 3.87. The molecule has 0 bridgehead atoms.